The van der Waals surface area contributed by atoms with Crippen LogP contribution in [0.2, 0.25) is 0 Å². The summed E-state index contributed by atoms with van der Waals surface area (Å²) < 4.78 is 0. The Hall–Kier alpha value is -0.610. The molecule has 1 heterocycles. The van der Waals surface area contributed by atoms with Gasteiger partial charge >= 0.3 is 0 Å². The Morgan fingerprint density at radius 1 is 1.28 bits per heavy atom. The van der Waals surface area contributed by atoms with E-state index in [1.807, 2.05) is 0 Å². The number of carbonyl (C=O) groups excluding carboxylic acids is 1. The van der Waals surface area contributed by atoms with E-state index in [1.165, 1.54) is 12.8 Å². The fourth-order valence-corrected chi connectivity index (χ4v) is 3.30. The Bertz CT molecular complexity index is 295. The maximum Gasteiger partial charge on any atom is 0.226 e. The van der Waals surface area contributed by atoms with Gasteiger partial charge in [0.25, 0.3) is 0 Å². The van der Waals surface area contributed by atoms with Crippen LogP contribution in [-0.2, 0) is 4.79 Å². The van der Waals surface area contributed by atoms with Crippen molar-refractivity contribution >= 4 is 5.91 Å². The van der Waals surface area contributed by atoms with Crippen molar-refractivity contribution in [2.45, 2.75) is 38.6 Å². The summed E-state index contributed by atoms with van der Waals surface area (Å²) in [6.07, 6.45) is 4.61. The van der Waals surface area contributed by atoms with E-state index in [4.69, 9.17) is 5.73 Å². The zero-order valence-corrected chi connectivity index (χ0v) is 11.8. The fourth-order valence-electron chi connectivity index (χ4n) is 3.30. The minimum absolute atomic E-state index is 0.194. The second-order valence-corrected chi connectivity index (χ2v) is 6.00. The first-order chi connectivity index (χ1) is 8.63. The van der Waals surface area contributed by atoms with Gasteiger partial charge in [0.2, 0.25) is 5.91 Å². The first-order valence-electron chi connectivity index (χ1n) is 7.32. The average Bonchev–Trinajstić information content (AvgIpc) is 2.41. The molecule has 2 rings (SSSR count). The molecule has 104 valence electrons. The first kappa shape index (κ1) is 13.8. The highest BCUT2D eigenvalue weighted by Gasteiger charge is 2.34. The minimum atomic E-state index is 0.194. The van der Waals surface area contributed by atoms with Crippen LogP contribution in [-0.4, -0.2) is 55.0 Å². The fraction of sp³-hybridized carbons (Fsp3) is 0.929. The largest absolute Gasteiger partial charge is 0.340 e. The van der Waals surface area contributed by atoms with E-state index >= 15 is 0 Å². The molecule has 1 amide bonds. The van der Waals surface area contributed by atoms with Crippen molar-refractivity contribution < 1.29 is 4.79 Å². The summed E-state index contributed by atoms with van der Waals surface area (Å²) in [6.45, 7) is 5.62. The van der Waals surface area contributed by atoms with Crippen molar-refractivity contribution in [3.05, 3.63) is 0 Å². The summed E-state index contributed by atoms with van der Waals surface area (Å²) in [5, 5.41) is 0. The lowest BCUT2D eigenvalue weighted by Gasteiger charge is -2.41. The Balaban J connectivity index is 1.97. The number of rotatable bonds is 2. The molecule has 2 N–H and O–H groups in total. The van der Waals surface area contributed by atoms with Crippen LogP contribution >= 0.6 is 0 Å². The molecule has 0 aromatic heterocycles. The van der Waals surface area contributed by atoms with Gasteiger partial charge in [0.1, 0.15) is 0 Å². The topological polar surface area (TPSA) is 49.6 Å². The molecule has 4 nitrogen and oxygen atoms in total. The monoisotopic (exact) mass is 253 g/mol. The molecule has 3 atom stereocenters. The van der Waals surface area contributed by atoms with E-state index in [-0.39, 0.29) is 5.92 Å². The van der Waals surface area contributed by atoms with Crippen molar-refractivity contribution in [1.29, 1.82) is 0 Å². The highest BCUT2D eigenvalue weighted by molar-refractivity contribution is 5.79. The van der Waals surface area contributed by atoms with Crippen molar-refractivity contribution in [2.24, 2.45) is 17.6 Å². The van der Waals surface area contributed by atoms with E-state index in [0.717, 1.165) is 32.5 Å². The van der Waals surface area contributed by atoms with Gasteiger partial charge in [0, 0.05) is 31.6 Å². The maximum absolute atomic E-state index is 12.6. The predicted octanol–water partition coefficient (Wildman–Crippen LogP) is 0.914. The van der Waals surface area contributed by atoms with Gasteiger partial charge in [-0.3, -0.25) is 4.79 Å². The van der Waals surface area contributed by atoms with Gasteiger partial charge in [0.15, 0.2) is 0 Å². The summed E-state index contributed by atoms with van der Waals surface area (Å²) in [6, 6.07) is 0.475. The quantitative estimate of drug-likeness (QED) is 0.796. The molecule has 1 saturated carbocycles. The lowest BCUT2D eigenvalue weighted by atomic mass is 9.78. The molecular formula is C14H27N3O. The van der Waals surface area contributed by atoms with Gasteiger partial charge in [-0.15, -0.1) is 0 Å². The molecule has 0 radical (unpaired) electrons. The number of amides is 1. The van der Waals surface area contributed by atoms with Crippen LogP contribution in [0, 0.1) is 11.8 Å². The molecule has 0 bridgehead atoms. The van der Waals surface area contributed by atoms with Crippen LogP contribution in [0.3, 0.4) is 0 Å². The zero-order valence-electron chi connectivity index (χ0n) is 11.8. The Morgan fingerprint density at radius 2 is 2.00 bits per heavy atom. The summed E-state index contributed by atoms with van der Waals surface area (Å²) in [5.41, 5.74) is 5.83. The van der Waals surface area contributed by atoms with Crippen molar-refractivity contribution in [1.82, 2.24) is 9.80 Å². The average molecular weight is 253 g/mol. The van der Waals surface area contributed by atoms with Crippen molar-refractivity contribution in [3.63, 3.8) is 0 Å². The number of carbonyl (C=O) groups is 1. The molecule has 18 heavy (non-hydrogen) atoms. The number of likely N-dealkylation sites (N-methyl/N-ethyl adjacent to an activating group) is 1. The van der Waals surface area contributed by atoms with Gasteiger partial charge in [-0.2, -0.15) is 0 Å². The summed E-state index contributed by atoms with van der Waals surface area (Å²) in [7, 11) is 2.13. The lowest BCUT2D eigenvalue weighted by molar-refractivity contribution is -0.141. The molecule has 0 spiro atoms. The molecular weight excluding hydrogens is 226 g/mol. The molecule has 1 aliphatic carbocycles. The molecule has 1 saturated heterocycles. The first-order valence-corrected chi connectivity index (χ1v) is 7.32. The Kier molecular flexibility index (Phi) is 4.62. The number of nitrogens with zero attached hydrogens (tertiary/aromatic N) is 2. The Labute approximate surface area is 110 Å². The molecule has 1 aliphatic heterocycles. The minimum Gasteiger partial charge on any atom is -0.340 e. The van der Waals surface area contributed by atoms with E-state index < -0.39 is 0 Å². The van der Waals surface area contributed by atoms with Crippen LogP contribution < -0.4 is 5.73 Å². The second kappa shape index (κ2) is 6.02. The van der Waals surface area contributed by atoms with Gasteiger partial charge in [-0.05, 0) is 39.3 Å². The summed E-state index contributed by atoms with van der Waals surface area (Å²) in [5.74, 6) is 0.977. The smallest absolute Gasteiger partial charge is 0.226 e. The van der Waals surface area contributed by atoms with Gasteiger partial charge in [-0.1, -0.05) is 12.8 Å². The molecule has 3 unspecified atom stereocenters. The van der Waals surface area contributed by atoms with Crippen LogP contribution in [0.25, 0.3) is 0 Å². The van der Waals surface area contributed by atoms with Crippen LogP contribution in [0.15, 0.2) is 0 Å². The zero-order chi connectivity index (χ0) is 13.1. The van der Waals surface area contributed by atoms with Gasteiger partial charge in [-0.25, -0.2) is 0 Å². The van der Waals surface area contributed by atoms with Crippen LogP contribution in [0.4, 0.5) is 0 Å². The lowest BCUT2D eigenvalue weighted by Crippen LogP contribution is -2.54. The number of nitrogens with two attached hydrogens (primary N) is 1. The third-order valence-corrected chi connectivity index (χ3v) is 4.80. The number of hydrogen-bond donors (Lipinski definition) is 1. The summed E-state index contributed by atoms with van der Waals surface area (Å²) >= 11 is 0. The van der Waals surface area contributed by atoms with Crippen molar-refractivity contribution in [2.75, 3.05) is 33.2 Å². The predicted molar refractivity (Wildman–Crippen MR) is 73.2 cm³/mol. The maximum atomic E-state index is 12.6. The highest BCUT2D eigenvalue weighted by atomic mass is 16.2. The molecule has 0 aromatic carbocycles. The molecule has 2 aliphatic rings. The second-order valence-electron chi connectivity index (χ2n) is 6.00. The van der Waals surface area contributed by atoms with Gasteiger partial charge in [0.05, 0.1) is 0 Å². The van der Waals surface area contributed by atoms with E-state index in [1.54, 1.807) is 0 Å². The standard InChI is InChI=1S/C14H27N3O/c1-11-10-17(8-7-16(11)2)14(18)13-6-4-3-5-12(13)9-15/h11-13H,3-10,15H2,1-2H3. The molecule has 4 heteroatoms. The number of piperazine rings is 1. The molecule has 0 aromatic rings. The van der Waals surface area contributed by atoms with E-state index in [0.29, 0.717) is 24.4 Å². The third kappa shape index (κ3) is 2.86. The molecule has 2 fully saturated rings. The third-order valence-electron chi connectivity index (χ3n) is 4.80. The SMILES string of the molecule is CC1CN(C(=O)C2CCCCC2CN)CCN1C. The van der Waals surface area contributed by atoms with Crippen molar-refractivity contribution in [3.8, 4) is 0 Å². The van der Waals surface area contributed by atoms with Gasteiger partial charge < -0.3 is 15.5 Å². The number of hydrogen-bond acceptors (Lipinski definition) is 3. The van der Waals surface area contributed by atoms with Crippen LogP contribution in [0.1, 0.15) is 32.6 Å². The normalized spacial score (nSPS) is 34.6. The highest BCUT2D eigenvalue weighted by Crippen LogP contribution is 2.31. The van der Waals surface area contributed by atoms with E-state index in [9.17, 15) is 4.79 Å². The van der Waals surface area contributed by atoms with E-state index in [2.05, 4.69) is 23.8 Å². The Morgan fingerprint density at radius 3 is 2.67 bits per heavy atom. The van der Waals surface area contributed by atoms with Crippen LogP contribution in [0.5, 0.6) is 0 Å². The summed E-state index contributed by atoms with van der Waals surface area (Å²) in [4.78, 5) is 17.0.